The van der Waals surface area contributed by atoms with E-state index in [0.717, 1.165) is 19.3 Å². The maximum atomic E-state index is 12.6. The lowest BCUT2D eigenvalue weighted by atomic mass is 10.1. The van der Waals surface area contributed by atoms with Crippen molar-refractivity contribution >= 4 is 18.0 Å². The molecule has 0 saturated carbocycles. The summed E-state index contributed by atoms with van der Waals surface area (Å²) in [7, 11) is 3.02. The fraction of sp³-hybridized carbons (Fsp3) is 0.808. The summed E-state index contributed by atoms with van der Waals surface area (Å²) in [4.78, 5) is 39.4. The zero-order valence-corrected chi connectivity index (χ0v) is 21.8. The fourth-order valence-electron chi connectivity index (χ4n) is 3.44. The Morgan fingerprint density at radius 1 is 0.758 bits per heavy atom. The standard InChI is InChI=1S/C26H48N2O5/c1-7-9-10-11-12-13-14-15-16-17-18-19-21-32-25(30)23(4)27(5)24(29)22(3)28(6)26(31)33-20-8-2/h8,22-23H,2,7,9-21H2,1,3-6H3. The maximum absolute atomic E-state index is 12.6. The molecule has 192 valence electrons. The van der Waals surface area contributed by atoms with E-state index in [4.69, 9.17) is 9.47 Å². The average molecular weight is 469 g/mol. The van der Waals surface area contributed by atoms with Crippen LogP contribution in [0.15, 0.2) is 12.7 Å². The van der Waals surface area contributed by atoms with Crippen LogP contribution >= 0.6 is 0 Å². The van der Waals surface area contributed by atoms with E-state index >= 15 is 0 Å². The van der Waals surface area contributed by atoms with Gasteiger partial charge in [-0.1, -0.05) is 90.2 Å². The molecule has 0 aliphatic carbocycles. The molecule has 2 unspecified atom stereocenters. The number of ether oxygens (including phenoxy) is 2. The number of carbonyl (C=O) groups is 3. The maximum Gasteiger partial charge on any atom is 0.410 e. The number of hydrogen-bond donors (Lipinski definition) is 0. The monoisotopic (exact) mass is 468 g/mol. The van der Waals surface area contributed by atoms with Gasteiger partial charge in [0.1, 0.15) is 18.7 Å². The summed E-state index contributed by atoms with van der Waals surface area (Å²) in [6, 6.07) is -1.49. The minimum Gasteiger partial charge on any atom is -0.464 e. The molecule has 0 bridgehead atoms. The van der Waals surface area contributed by atoms with Crippen molar-refractivity contribution in [3.05, 3.63) is 12.7 Å². The first-order valence-corrected chi connectivity index (χ1v) is 12.7. The van der Waals surface area contributed by atoms with Crippen LogP contribution in [0.4, 0.5) is 4.79 Å². The number of unbranched alkanes of at least 4 members (excludes halogenated alkanes) is 11. The SMILES string of the molecule is C=CCOC(=O)N(C)C(C)C(=O)N(C)C(C)C(=O)OCCCCCCCCCCCCCC. The van der Waals surface area contributed by atoms with Gasteiger partial charge >= 0.3 is 12.1 Å². The largest absolute Gasteiger partial charge is 0.464 e. The molecule has 0 rings (SSSR count). The quantitative estimate of drug-likeness (QED) is 0.138. The molecule has 0 aromatic carbocycles. The highest BCUT2D eigenvalue weighted by Gasteiger charge is 2.31. The van der Waals surface area contributed by atoms with E-state index in [0.29, 0.717) is 6.61 Å². The first-order chi connectivity index (χ1) is 15.8. The summed E-state index contributed by atoms with van der Waals surface area (Å²) in [6.45, 7) is 9.40. The highest BCUT2D eigenvalue weighted by Crippen LogP contribution is 2.12. The number of carbonyl (C=O) groups excluding carboxylic acids is 3. The average Bonchev–Trinajstić information content (AvgIpc) is 2.82. The molecule has 0 saturated heterocycles. The van der Waals surface area contributed by atoms with Gasteiger partial charge < -0.3 is 14.4 Å². The third-order valence-electron chi connectivity index (χ3n) is 6.06. The van der Waals surface area contributed by atoms with E-state index in [9.17, 15) is 14.4 Å². The second-order valence-electron chi connectivity index (χ2n) is 8.83. The molecular weight excluding hydrogens is 420 g/mol. The van der Waals surface area contributed by atoms with E-state index in [1.54, 1.807) is 13.8 Å². The predicted octanol–water partition coefficient (Wildman–Crippen LogP) is 5.72. The highest BCUT2D eigenvalue weighted by molar-refractivity contribution is 5.89. The van der Waals surface area contributed by atoms with Gasteiger partial charge in [0.2, 0.25) is 5.91 Å². The Morgan fingerprint density at radius 3 is 1.73 bits per heavy atom. The van der Waals surface area contributed by atoms with E-state index in [1.807, 2.05) is 0 Å². The van der Waals surface area contributed by atoms with Crippen LogP contribution in [0.1, 0.15) is 97.8 Å². The van der Waals surface area contributed by atoms with Crippen LogP contribution in [0.5, 0.6) is 0 Å². The predicted molar refractivity (Wildman–Crippen MR) is 133 cm³/mol. The van der Waals surface area contributed by atoms with E-state index in [-0.39, 0.29) is 12.5 Å². The molecule has 0 fully saturated rings. The van der Waals surface area contributed by atoms with Crippen molar-refractivity contribution < 1.29 is 23.9 Å². The Kier molecular flexibility index (Phi) is 18.2. The Balaban J connectivity index is 3.99. The summed E-state index contributed by atoms with van der Waals surface area (Å²) >= 11 is 0. The van der Waals surface area contributed by atoms with E-state index in [1.165, 1.54) is 87.8 Å². The number of amides is 2. The molecular formula is C26H48N2O5. The molecule has 0 aromatic heterocycles. The molecule has 2 atom stereocenters. The third kappa shape index (κ3) is 14.0. The van der Waals surface area contributed by atoms with Gasteiger partial charge in [-0.15, -0.1) is 0 Å². The molecule has 0 N–H and O–H groups in total. The number of rotatable bonds is 19. The lowest BCUT2D eigenvalue weighted by Crippen LogP contribution is -2.51. The van der Waals surface area contributed by atoms with Crippen molar-refractivity contribution in [2.45, 2.75) is 110 Å². The summed E-state index contributed by atoms with van der Waals surface area (Å²) < 4.78 is 10.3. The molecule has 0 heterocycles. The van der Waals surface area contributed by atoms with Crippen LogP contribution in [0.2, 0.25) is 0 Å². The molecule has 33 heavy (non-hydrogen) atoms. The zero-order valence-electron chi connectivity index (χ0n) is 21.8. The first kappa shape index (κ1) is 30.9. The van der Waals surface area contributed by atoms with Gasteiger partial charge in [0.15, 0.2) is 0 Å². The van der Waals surface area contributed by atoms with E-state index < -0.39 is 24.1 Å². The minimum atomic E-state index is -0.765. The van der Waals surface area contributed by atoms with Crippen molar-refractivity contribution in [3.63, 3.8) is 0 Å². The number of nitrogens with zero attached hydrogens (tertiary/aromatic N) is 2. The normalized spacial score (nSPS) is 12.5. The van der Waals surface area contributed by atoms with Gasteiger partial charge in [-0.25, -0.2) is 9.59 Å². The topological polar surface area (TPSA) is 76.2 Å². The van der Waals surface area contributed by atoms with Crippen LogP contribution in [0.25, 0.3) is 0 Å². The van der Waals surface area contributed by atoms with Gasteiger partial charge in [-0.3, -0.25) is 9.69 Å². The lowest BCUT2D eigenvalue weighted by molar-refractivity contribution is -0.154. The molecule has 0 aromatic rings. The van der Waals surface area contributed by atoms with Crippen molar-refractivity contribution in [2.24, 2.45) is 0 Å². The zero-order chi connectivity index (χ0) is 25.1. The van der Waals surface area contributed by atoms with Crippen molar-refractivity contribution in [2.75, 3.05) is 27.3 Å². The summed E-state index contributed by atoms with van der Waals surface area (Å²) in [5.74, 6) is -0.791. The van der Waals surface area contributed by atoms with Crippen molar-refractivity contribution in [3.8, 4) is 0 Å². The number of esters is 1. The molecule has 0 spiro atoms. The number of hydrogen-bond acceptors (Lipinski definition) is 5. The van der Waals surface area contributed by atoms with Crippen LogP contribution in [0, 0.1) is 0 Å². The molecule has 2 amide bonds. The first-order valence-electron chi connectivity index (χ1n) is 12.7. The van der Waals surface area contributed by atoms with Gasteiger partial charge in [0.05, 0.1) is 6.61 Å². The summed E-state index contributed by atoms with van der Waals surface area (Å²) in [5.41, 5.74) is 0. The molecule has 7 heteroatoms. The third-order valence-corrected chi connectivity index (χ3v) is 6.06. The van der Waals surface area contributed by atoms with Crippen LogP contribution in [-0.4, -0.2) is 67.2 Å². The molecule has 7 nitrogen and oxygen atoms in total. The van der Waals surface area contributed by atoms with Gasteiger partial charge in [0, 0.05) is 14.1 Å². The second-order valence-corrected chi connectivity index (χ2v) is 8.83. The molecule has 0 aliphatic heterocycles. The Bertz CT molecular complexity index is 567. The second kappa shape index (κ2) is 19.4. The van der Waals surface area contributed by atoms with Gasteiger partial charge in [-0.2, -0.15) is 0 Å². The van der Waals surface area contributed by atoms with Crippen molar-refractivity contribution in [1.82, 2.24) is 9.80 Å². The number of likely N-dealkylation sites (N-methyl/N-ethyl adjacent to an activating group) is 2. The fourth-order valence-corrected chi connectivity index (χ4v) is 3.44. The highest BCUT2D eigenvalue weighted by atomic mass is 16.6. The Labute approximate surface area is 201 Å². The Morgan fingerprint density at radius 2 is 1.24 bits per heavy atom. The molecule has 0 radical (unpaired) electrons. The van der Waals surface area contributed by atoms with Crippen molar-refractivity contribution in [1.29, 1.82) is 0 Å². The Hall–Kier alpha value is -2.05. The van der Waals surface area contributed by atoms with E-state index in [2.05, 4.69) is 13.5 Å². The minimum absolute atomic E-state index is 0.0712. The van der Waals surface area contributed by atoms with Gasteiger partial charge in [0.25, 0.3) is 0 Å². The summed E-state index contributed by atoms with van der Waals surface area (Å²) in [6.07, 6.45) is 15.8. The summed E-state index contributed by atoms with van der Waals surface area (Å²) in [5, 5.41) is 0. The smallest absolute Gasteiger partial charge is 0.410 e. The van der Waals surface area contributed by atoms with Crippen LogP contribution in [-0.2, 0) is 19.1 Å². The van der Waals surface area contributed by atoms with Crippen LogP contribution < -0.4 is 0 Å². The molecule has 0 aliphatic rings. The lowest BCUT2D eigenvalue weighted by Gasteiger charge is -2.30. The van der Waals surface area contributed by atoms with Gasteiger partial charge in [-0.05, 0) is 20.3 Å². The van der Waals surface area contributed by atoms with Crippen LogP contribution in [0.3, 0.4) is 0 Å².